The largest absolute Gasteiger partial charge is 0.480 e. The lowest BCUT2D eigenvalue weighted by atomic mass is 10.0. The van der Waals surface area contributed by atoms with E-state index < -0.39 is 18.0 Å². The molecule has 2 aromatic rings. The van der Waals surface area contributed by atoms with E-state index in [1.807, 2.05) is 24.3 Å². The highest BCUT2D eigenvalue weighted by Gasteiger charge is 2.35. The Labute approximate surface area is 166 Å². The predicted octanol–water partition coefficient (Wildman–Crippen LogP) is 2.85. The number of halogens is 3. The Hall–Kier alpha value is -2.84. The first kappa shape index (κ1) is 19.5. The fourth-order valence-electron chi connectivity index (χ4n) is 3.72. The van der Waals surface area contributed by atoms with Crippen molar-refractivity contribution in [3.8, 4) is 5.75 Å². The lowest BCUT2D eigenvalue weighted by Crippen LogP contribution is -2.53. The Morgan fingerprint density at radius 2 is 1.86 bits per heavy atom. The molecule has 154 valence electrons. The predicted molar refractivity (Wildman–Crippen MR) is 99.7 cm³/mol. The van der Waals surface area contributed by atoms with Gasteiger partial charge in [-0.2, -0.15) is 13.2 Å². The third-order valence-electron chi connectivity index (χ3n) is 5.22. The number of para-hydroxylation sites is 1. The number of aryl methyl sites for hydroxylation is 2. The number of hydrogen-bond acceptors (Lipinski definition) is 5. The molecule has 0 radical (unpaired) electrons. The summed E-state index contributed by atoms with van der Waals surface area (Å²) < 4.78 is 44.9. The normalized spacial score (nSPS) is 19.5. The smallest absolute Gasteiger partial charge is 0.433 e. The number of rotatable bonds is 2. The Balaban J connectivity index is 1.40. The number of nitrogens with zero attached hydrogens (tertiary/aromatic N) is 4. The summed E-state index contributed by atoms with van der Waals surface area (Å²) in [5.74, 6) is 0.975. The molecule has 6 nitrogen and oxygen atoms in total. The molecule has 1 fully saturated rings. The molecule has 29 heavy (non-hydrogen) atoms. The van der Waals surface area contributed by atoms with Crippen molar-refractivity contribution in [3.05, 3.63) is 47.4 Å². The molecule has 0 aliphatic carbocycles. The van der Waals surface area contributed by atoms with E-state index >= 15 is 0 Å². The first-order valence-electron chi connectivity index (χ1n) is 9.52. The number of ether oxygens (including phenoxy) is 1. The van der Waals surface area contributed by atoms with Gasteiger partial charge in [0, 0.05) is 32.2 Å². The Morgan fingerprint density at radius 3 is 2.59 bits per heavy atom. The first-order valence-corrected chi connectivity index (χ1v) is 9.52. The van der Waals surface area contributed by atoms with Crippen LogP contribution in [0.2, 0.25) is 0 Å². The van der Waals surface area contributed by atoms with Gasteiger partial charge in [-0.3, -0.25) is 4.79 Å². The molecule has 1 atom stereocenters. The second-order valence-corrected chi connectivity index (χ2v) is 7.22. The van der Waals surface area contributed by atoms with Crippen molar-refractivity contribution in [1.82, 2.24) is 14.9 Å². The molecule has 1 aromatic heterocycles. The van der Waals surface area contributed by atoms with Crippen molar-refractivity contribution >= 4 is 11.7 Å². The summed E-state index contributed by atoms with van der Waals surface area (Å²) in [5.41, 5.74) is 0.147. The minimum atomic E-state index is -4.52. The van der Waals surface area contributed by atoms with Gasteiger partial charge in [-0.05, 0) is 31.4 Å². The van der Waals surface area contributed by atoms with E-state index in [0.717, 1.165) is 23.8 Å². The lowest BCUT2D eigenvalue weighted by Gasteiger charge is -2.37. The van der Waals surface area contributed by atoms with E-state index in [9.17, 15) is 18.0 Å². The molecule has 2 aliphatic heterocycles. The zero-order chi connectivity index (χ0) is 20.6. The van der Waals surface area contributed by atoms with Gasteiger partial charge in [0.15, 0.2) is 6.10 Å². The maximum Gasteiger partial charge on any atom is 0.433 e. The highest BCUT2D eigenvalue weighted by Crippen LogP contribution is 2.30. The second-order valence-electron chi connectivity index (χ2n) is 7.22. The monoisotopic (exact) mass is 406 g/mol. The van der Waals surface area contributed by atoms with Crippen molar-refractivity contribution in [3.63, 3.8) is 0 Å². The van der Waals surface area contributed by atoms with E-state index in [4.69, 9.17) is 4.74 Å². The number of carbonyl (C=O) groups is 1. The van der Waals surface area contributed by atoms with E-state index in [2.05, 4.69) is 9.97 Å². The van der Waals surface area contributed by atoms with Gasteiger partial charge in [0.25, 0.3) is 5.91 Å². The van der Waals surface area contributed by atoms with E-state index in [1.165, 1.54) is 6.92 Å². The number of hydrogen-bond donors (Lipinski definition) is 0. The molecule has 0 unspecified atom stereocenters. The average Bonchev–Trinajstić information content (AvgIpc) is 2.72. The molecule has 3 heterocycles. The standard InChI is InChI=1S/C20H21F3N4O2/c1-13-24-17(20(21,22)23)12-18(25-13)26-8-10-27(11-9-26)19(28)16-7-6-14-4-2-3-5-15(14)29-16/h2-5,12,16H,6-11H2,1H3/t16-/m0/s1. The van der Waals surface area contributed by atoms with Gasteiger partial charge < -0.3 is 14.5 Å². The number of anilines is 1. The number of carbonyl (C=O) groups excluding carboxylic acids is 1. The van der Waals surface area contributed by atoms with Gasteiger partial charge >= 0.3 is 6.18 Å². The summed E-state index contributed by atoms with van der Waals surface area (Å²) >= 11 is 0. The van der Waals surface area contributed by atoms with E-state index in [-0.39, 0.29) is 17.5 Å². The molecule has 0 spiro atoms. The Kier molecular flexibility index (Phi) is 5.06. The highest BCUT2D eigenvalue weighted by atomic mass is 19.4. The zero-order valence-corrected chi connectivity index (χ0v) is 15.9. The maximum absolute atomic E-state index is 13.0. The van der Waals surface area contributed by atoms with Crippen LogP contribution in [0.3, 0.4) is 0 Å². The van der Waals surface area contributed by atoms with Gasteiger partial charge in [0.05, 0.1) is 0 Å². The van der Waals surface area contributed by atoms with Crippen molar-refractivity contribution in [2.45, 2.75) is 32.0 Å². The molecule has 0 N–H and O–H groups in total. The maximum atomic E-state index is 13.0. The van der Waals surface area contributed by atoms with Gasteiger partial charge in [0.1, 0.15) is 23.1 Å². The third kappa shape index (κ3) is 4.13. The van der Waals surface area contributed by atoms with Crippen LogP contribution >= 0.6 is 0 Å². The van der Waals surface area contributed by atoms with Crippen LogP contribution in [0, 0.1) is 6.92 Å². The van der Waals surface area contributed by atoms with E-state index in [0.29, 0.717) is 32.6 Å². The minimum absolute atomic E-state index is 0.0719. The molecule has 0 bridgehead atoms. The first-order chi connectivity index (χ1) is 13.8. The quantitative estimate of drug-likeness (QED) is 0.768. The number of benzene rings is 1. The number of amides is 1. The fourth-order valence-corrected chi connectivity index (χ4v) is 3.72. The Bertz CT molecular complexity index is 911. The molecule has 0 saturated carbocycles. The molecule has 2 aliphatic rings. The summed E-state index contributed by atoms with van der Waals surface area (Å²) in [7, 11) is 0. The topological polar surface area (TPSA) is 58.6 Å². The van der Waals surface area contributed by atoms with Crippen molar-refractivity contribution in [1.29, 1.82) is 0 Å². The summed E-state index contributed by atoms with van der Waals surface area (Å²) in [4.78, 5) is 23.9. The van der Waals surface area contributed by atoms with Crippen LogP contribution in [-0.4, -0.2) is 53.1 Å². The molecular weight excluding hydrogens is 385 g/mol. The third-order valence-corrected chi connectivity index (χ3v) is 5.22. The van der Waals surface area contributed by atoms with Crippen molar-refractivity contribution < 1.29 is 22.7 Å². The highest BCUT2D eigenvalue weighted by molar-refractivity contribution is 5.82. The lowest BCUT2D eigenvalue weighted by molar-refractivity contribution is -0.141. The van der Waals surface area contributed by atoms with Gasteiger partial charge in [-0.15, -0.1) is 0 Å². The van der Waals surface area contributed by atoms with Gasteiger partial charge in [-0.25, -0.2) is 9.97 Å². The minimum Gasteiger partial charge on any atom is -0.480 e. The Morgan fingerprint density at radius 1 is 1.14 bits per heavy atom. The summed E-state index contributed by atoms with van der Waals surface area (Å²) in [6.07, 6.45) is -3.63. The van der Waals surface area contributed by atoms with Gasteiger partial charge in [-0.1, -0.05) is 18.2 Å². The van der Waals surface area contributed by atoms with Crippen LogP contribution in [0.5, 0.6) is 5.75 Å². The van der Waals surface area contributed by atoms with Crippen molar-refractivity contribution in [2.24, 2.45) is 0 Å². The van der Waals surface area contributed by atoms with E-state index in [1.54, 1.807) is 9.80 Å². The summed E-state index contributed by atoms with van der Waals surface area (Å²) in [6.45, 7) is 3.07. The molecule has 1 saturated heterocycles. The van der Waals surface area contributed by atoms with Crippen LogP contribution in [0.4, 0.5) is 19.0 Å². The number of alkyl halides is 3. The number of aromatic nitrogens is 2. The van der Waals surface area contributed by atoms with Crippen LogP contribution in [0.1, 0.15) is 23.5 Å². The molecule has 9 heteroatoms. The molecular formula is C20H21F3N4O2. The summed E-state index contributed by atoms with van der Waals surface area (Å²) in [5, 5.41) is 0. The average molecular weight is 406 g/mol. The molecule has 4 rings (SSSR count). The molecule has 1 aromatic carbocycles. The zero-order valence-electron chi connectivity index (χ0n) is 15.9. The van der Waals surface area contributed by atoms with Crippen LogP contribution < -0.4 is 9.64 Å². The second kappa shape index (κ2) is 7.53. The number of fused-ring (bicyclic) bond motifs is 1. The SMILES string of the molecule is Cc1nc(N2CCN(C(=O)[C@@H]3CCc4ccccc4O3)CC2)cc(C(F)(F)F)n1. The van der Waals surface area contributed by atoms with Crippen LogP contribution in [-0.2, 0) is 17.4 Å². The van der Waals surface area contributed by atoms with Crippen molar-refractivity contribution in [2.75, 3.05) is 31.1 Å². The summed E-state index contributed by atoms with van der Waals surface area (Å²) in [6, 6.07) is 8.65. The van der Waals surface area contributed by atoms with Gasteiger partial charge in [0.2, 0.25) is 0 Å². The molecule has 1 amide bonds. The van der Waals surface area contributed by atoms with Crippen LogP contribution in [0.15, 0.2) is 30.3 Å². The van der Waals surface area contributed by atoms with Crippen LogP contribution in [0.25, 0.3) is 0 Å². The number of piperazine rings is 1. The fraction of sp³-hybridized carbons (Fsp3) is 0.450.